The van der Waals surface area contributed by atoms with E-state index in [1.165, 1.54) is 14.2 Å². The van der Waals surface area contributed by atoms with Crippen LogP contribution >= 0.6 is 0 Å². The highest BCUT2D eigenvalue weighted by Gasteiger charge is 2.73. The van der Waals surface area contributed by atoms with Gasteiger partial charge in [0.1, 0.15) is 54.9 Å². The van der Waals surface area contributed by atoms with Crippen molar-refractivity contribution in [3.8, 4) is 0 Å². The van der Waals surface area contributed by atoms with Gasteiger partial charge in [0.05, 0.1) is 62.5 Å². The van der Waals surface area contributed by atoms with E-state index in [0.717, 1.165) is 0 Å². The van der Waals surface area contributed by atoms with Crippen LogP contribution in [-0.4, -0.2) is 207 Å². The highest BCUT2D eigenvalue weighted by molar-refractivity contribution is 5.23. The van der Waals surface area contributed by atoms with Gasteiger partial charge in [0.15, 0.2) is 18.9 Å². The van der Waals surface area contributed by atoms with Crippen LogP contribution in [-0.2, 0) is 37.9 Å². The molecule has 19 heteroatoms. The fourth-order valence-corrected chi connectivity index (χ4v) is 13.8. The Kier molecular flexibility index (Phi) is 16.2. The van der Waals surface area contributed by atoms with Gasteiger partial charge in [-0.25, -0.2) is 0 Å². The van der Waals surface area contributed by atoms with Gasteiger partial charge in [-0.15, -0.1) is 0 Å². The minimum absolute atomic E-state index is 0.00273. The minimum atomic E-state index is -1.51. The molecule has 3 heterocycles. The number of ether oxygens (including phenoxy) is 8. The van der Waals surface area contributed by atoms with E-state index in [1.54, 1.807) is 0 Å². The van der Waals surface area contributed by atoms with E-state index >= 15 is 0 Å². The lowest BCUT2D eigenvalue weighted by atomic mass is 9.41. The third-order valence-corrected chi connectivity index (χ3v) is 17.1. The molecule has 4 saturated carbocycles. The first kappa shape index (κ1) is 51.8. The van der Waals surface area contributed by atoms with E-state index < -0.39 is 139 Å². The molecule has 0 spiro atoms. The van der Waals surface area contributed by atoms with Crippen LogP contribution < -0.4 is 0 Å². The average molecular weight is 935 g/mol. The topological polar surface area (TPSA) is 296 Å². The lowest BCUT2D eigenvalue weighted by Crippen LogP contribution is -2.71. The minimum Gasteiger partial charge on any atom is -0.393 e. The van der Waals surface area contributed by atoms with Crippen molar-refractivity contribution < 1.29 is 94.1 Å². The maximum atomic E-state index is 12.7. The molecule has 26 atom stereocenters. The number of hydrogen-bond donors (Lipinski definition) is 11. The predicted molar refractivity (Wildman–Crippen MR) is 226 cm³/mol. The van der Waals surface area contributed by atoms with Crippen molar-refractivity contribution in [1.29, 1.82) is 0 Å². The van der Waals surface area contributed by atoms with E-state index in [9.17, 15) is 56.2 Å². The molecule has 11 N–H and O–H groups in total. The Morgan fingerprint density at radius 3 is 1.88 bits per heavy atom. The first-order valence-corrected chi connectivity index (χ1v) is 23.7. The summed E-state index contributed by atoms with van der Waals surface area (Å²) >= 11 is 0. The summed E-state index contributed by atoms with van der Waals surface area (Å²) in [6.07, 6.45) is -13.3. The van der Waals surface area contributed by atoms with Crippen molar-refractivity contribution in [2.75, 3.05) is 40.6 Å². The van der Waals surface area contributed by atoms with Crippen LogP contribution in [0.3, 0.4) is 0 Å². The molecule has 376 valence electrons. The Balaban J connectivity index is 0.914. The molecule has 4 aliphatic carbocycles. The third-order valence-electron chi connectivity index (χ3n) is 17.1. The first-order chi connectivity index (χ1) is 30.6. The molecule has 0 radical (unpaired) electrons. The van der Waals surface area contributed by atoms with Gasteiger partial charge in [-0.05, 0) is 72.5 Å². The number of aliphatic hydroxyl groups is 11. The van der Waals surface area contributed by atoms with Gasteiger partial charge in [0.2, 0.25) is 0 Å². The quantitative estimate of drug-likeness (QED) is 0.0889. The molecule has 0 bridgehead atoms. The molecule has 65 heavy (non-hydrogen) atoms. The summed E-state index contributed by atoms with van der Waals surface area (Å²) in [5.74, 6) is -2.12. The number of methoxy groups -OCH3 is 2. The number of aliphatic hydroxyl groups excluding tert-OH is 10. The first-order valence-electron chi connectivity index (χ1n) is 23.7. The molecule has 7 aliphatic rings. The largest absolute Gasteiger partial charge is 0.393 e. The van der Waals surface area contributed by atoms with Crippen molar-refractivity contribution in [3.63, 3.8) is 0 Å². The number of rotatable bonds is 14. The monoisotopic (exact) mass is 935 g/mol. The van der Waals surface area contributed by atoms with E-state index in [2.05, 4.69) is 26.0 Å². The van der Waals surface area contributed by atoms with Gasteiger partial charge in [-0.1, -0.05) is 46.8 Å². The fourth-order valence-electron chi connectivity index (χ4n) is 13.8. The molecule has 0 amide bonds. The highest BCUT2D eigenvalue weighted by atomic mass is 16.8. The zero-order chi connectivity index (χ0) is 47.5. The Labute approximate surface area is 381 Å². The lowest BCUT2D eigenvalue weighted by Gasteiger charge is -2.66. The second kappa shape index (κ2) is 20.4. The predicted octanol–water partition coefficient (Wildman–Crippen LogP) is -1.45. The summed E-state index contributed by atoms with van der Waals surface area (Å²) < 4.78 is 45.4. The van der Waals surface area contributed by atoms with Gasteiger partial charge < -0.3 is 94.1 Å². The van der Waals surface area contributed by atoms with Crippen molar-refractivity contribution in [2.45, 2.75) is 183 Å². The second-order valence-electron chi connectivity index (χ2n) is 21.2. The fraction of sp³-hybridized carbons (Fsp3) is 0.957. The summed E-state index contributed by atoms with van der Waals surface area (Å²) in [4.78, 5) is 0. The molecule has 7 fully saturated rings. The van der Waals surface area contributed by atoms with E-state index in [4.69, 9.17) is 37.9 Å². The normalized spacial score (nSPS) is 52.5. The lowest BCUT2D eigenvalue weighted by molar-refractivity contribution is -0.351. The molecular formula is C46H78O19. The zero-order valence-electron chi connectivity index (χ0n) is 38.8. The van der Waals surface area contributed by atoms with Gasteiger partial charge >= 0.3 is 0 Å². The summed E-state index contributed by atoms with van der Waals surface area (Å²) in [5, 5.41) is 123. The molecule has 0 aromatic heterocycles. The van der Waals surface area contributed by atoms with Crippen molar-refractivity contribution in [2.24, 2.45) is 52.3 Å². The maximum Gasteiger partial charge on any atom is 0.186 e. The van der Waals surface area contributed by atoms with E-state index in [1.807, 2.05) is 20.8 Å². The van der Waals surface area contributed by atoms with Crippen molar-refractivity contribution in [1.82, 2.24) is 0 Å². The SMILES string of the molecule is CO[C@@H]1[C@@H](O)[C@H](O[C@@H]2CO[C@@H](O[C@@H]3CO[C@@H](OCC[C@@H](/C=C/[C@@H](C)[C@H]4[C@@H](O)[C@@H](O)[C@@H]5[C@]4(C)CCC4[C@@]6(C)CC[C@H](O)[C@H](O)C6[C@@H](O)C[C@]45O)C(C)C)[C@H](O)[C@H]3O)[C@H](O)[C@H]2OC)OC[C@H]1O. The van der Waals surface area contributed by atoms with Gasteiger partial charge in [0, 0.05) is 32.5 Å². The summed E-state index contributed by atoms with van der Waals surface area (Å²) in [5.41, 5.74) is -2.82. The van der Waals surface area contributed by atoms with Crippen LogP contribution in [0.1, 0.15) is 73.1 Å². The smallest absolute Gasteiger partial charge is 0.186 e. The highest BCUT2D eigenvalue weighted by Crippen LogP contribution is 2.69. The van der Waals surface area contributed by atoms with E-state index in [0.29, 0.717) is 32.1 Å². The van der Waals surface area contributed by atoms with Crippen molar-refractivity contribution >= 4 is 0 Å². The Morgan fingerprint density at radius 1 is 0.615 bits per heavy atom. The molecule has 19 nitrogen and oxygen atoms in total. The third kappa shape index (κ3) is 9.38. The number of fused-ring (bicyclic) bond motifs is 5. The Bertz CT molecular complexity index is 1590. The van der Waals surface area contributed by atoms with Gasteiger partial charge in [0.25, 0.3) is 0 Å². The molecule has 0 aromatic rings. The second-order valence-corrected chi connectivity index (χ2v) is 21.2. The van der Waals surface area contributed by atoms with Crippen LogP contribution in [0.5, 0.6) is 0 Å². The van der Waals surface area contributed by atoms with Crippen LogP contribution in [0.2, 0.25) is 0 Å². The van der Waals surface area contributed by atoms with Crippen LogP contribution in [0, 0.1) is 52.3 Å². The standard InChI is InChI=1S/C46H78O19/c1-20(2)22(9-8-21(3)29-33(52)34(53)40-45(29,5)14-11-28-44(4)13-10-23(47)31(50)30(44)24(48)16-46(28,40)57)12-15-60-41-35(54)32(51)26(18-62-41)64-43-37(56)39(59-7)27(19-63-43)65-42-36(55)38(58-6)25(49)17-61-42/h8-9,20-43,47-57H,10-19H2,1-7H3/b9-8+/t21-,22-,23+,24+,25-,26-,27-,28?,29+,30?,31+,32+,33-,34-,35-,36-,37-,38+,39+,40-,41-,42+,43+,44-,45-,46+/m1/s1. The molecule has 3 saturated heterocycles. The average Bonchev–Trinajstić information content (AvgIpc) is 3.46. The molecule has 2 unspecified atom stereocenters. The maximum absolute atomic E-state index is 12.7. The van der Waals surface area contributed by atoms with Gasteiger partial charge in [-0.3, -0.25) is 0 Å². The number of allylic oxidation sites excluding steroid dienone is 2. The molecule has 0 aromatic carbocycles. The molecule has 7 rings (SSSR count). The molecule has 3 aliphatic heterocycles. The summed E-state index contributed by atoms with van der Waals surface area (Å²) in [6, 6.07) is 0. The Hall–Kier alpha value is -1.02. The summed E-state index contributed by atoms with van der Waals surface area (Å²) in [6.45, 7) is 9.83. The summed E-state index contributed by atoms with van der Waals surface area (Å²) in [7, 11) is 2.69. The Morgan fingerprint density at radius 2 is 1.22 bits per heavy atom. The van der Waals surface area contributed by atoms with Crippen LogP contribution in [0.4, 0.5) is 0 Å². The van der Waals surface area contributed by atoms with Crippen LogP contribution in [0.15, 0.2) is 12.2 Å². The van der Waals surface area contributed by atoms with E-state index in [-0.39, 0.29) is 56.5 Å². The van der Waals surface area contributed by atoms with Crippen molar-refractivity contribution in [3.05, 3.63) is 12.2 Å². The van der Waals surface area contributed by atoms with Crippen LogP contribution in [0.25, 0.3) is 0 Å². The van der Waals surface area contributed by atoms with Gasteiger partial charge in [-0.2, -0.15) is 0 Å². The zero-order valence-corrected chi connectivity index (χ0v) is 38.8. The molecular weight excluding hydrogens is 856 g/mol. The number of hydrogen-bond acceptors (Lipinski definition) is 19.